The molecule has 0 radical (unpaired) electrons. The number of rotatable bonds is 3. The van der Waals surface area contributed by atoms with Crippen LogP contribution in [-0.2, 0) is 0 Å². The fraction of sp³-hybridized carbons (Fsp3) is 1.00. The molecule has 0 amide bonds. The van der Waals surface area contributed by atoms with Crippen LogP contribution in [0.3, 0.4) is 0 Å². The van der Waals surface area contributed by atoms with Crippen LogP contribution >= 0.6 is 0 Å². The Bertz CT molecular complexity index is 179. The predicted octanol–water partition coefficient (Wildman–Crippen LogP) is 0.640. The molecule has 1 saturated heterocycles. The average molecular weight is 199 g/mol. The highest BCUT2D eigenvalue weighted by Crippen LogP contribution is 2.28. The highest BCUT2D eigenvalue weighted by atomic mass is 15.1. The van der Waals surface area contributed by atoms with Crippen molar-refractivity contribution in [2.24, 2.45) is 22.8 Å². The zero-order valence-corrected chi connectivity index (χ0v) is 9.79. The van der Waals surface area contributed by atoms with Gasteiger partial charge in [-0.1, -0.05) is 13.8 Å². The van der Waals surface area contributed by atoms with Crippen LogP contribution in [0.4, 0.5) is 0 Å². The van der Waals surface area contributed by atoms with Crippen molar-refractivity contribution >= 4 is 0 Å². The van der Waals surface area contributed by atoms with Crippen molar-refractivity contribution in [1.29, 1.82) is 0 Å². The van der Waals surface area contributed by atoms with E-state index in [4.69, 9.17) is 11.5 Å². The van der Waals surface area contributed by atoms with E-state index in [-0.39, 0.29) is 11.5 Å². The van der Waals surface area contributed by atoms with Crippen LogP contribution in [0.1, 0.15) is 26.7 Å². The van der Waals surface area contributed by atoms with Gasteiger partial charge in [0, 0.05) is 12.6 Å². The van der Waals surface area contributed by atoms with E-state index in [1.54, 1.807) is 0 Å². The lowest BCUT2D eigenvalue weighted by Crippen LogP contribution is -2.51. The quantitative estimate of drug-likeness (QED) is 0.701. The van der Waals surface area contributed by atoms with Crippen molar-refractivity contribution in [3.8, 4) is 0 Å². The van der Waals surface area contributed by atoms with Crippen molar-refractivity contribution in [2.45, 2.75) is 32.7 Å². The largest absolute Gasteiger partial charge is 0.330 e. The van der Waals surface area contributed by atoms with Gasteiger partial charge in [-0.25, -0.2) is 0 Å². The van der Waals surface area contributed by atoms with Crippen molar-refractivity contribution in [2.75, 3.05) is 26.7 Å². The van der Waals surface area contributed by atoms with Crippen LogP contribution < -0.4 is 11.5 Å². The number of hydrogen-bond donors (Lipinski definition) is 2. The minimum absolute atomic E-state index is 0.0723. The number of piperidine rings is 1. The van der Waals surface area contributed by atoms with E-state index < -0.39 is 0 Å². The van der Waals surface area contributed by atoms with E-state index in [1.165, 1.54) is 19.4 Å². The van der Waals surface area contributed by atoms with Crippen molar-refractivity contribution in [1.82, 2.24) is 4.90 Å². The molecule has 3 nitrogen and oxygen atoms in total. The second kappa shape index (κ2) is 4.60. The molecule has 1 heterocycles. The van der Waals surface area contributed by atoms with E-state index >= 15 is 0 Å². The molecule has 1 fully saturated rings. The third-order valence-corrected chi connectivity index (χ3v) is 3.60. The summed E-state index contributed by atoms with van der Waals surface area (Å²) < 4.78 is 0. The second-order valence-corrected chi connectivity index (χ2v) is 5.38. The molecule has 0 saturated carbocycles. The monoisotopic (exact) mass is 199 g/mol. The van der Waals surface area contributed by atoms with Crippen LogP contribution in [0.25, 0.3) is 0 Å². The van der Waals surface area contributed by atoms with Crippen molar-refractivity contribution in [3.63, 3.8) is 0 Å². The molecule has 0 spiro atoms. The standard InChI is InChI=1S/C11H25N3/c1-11(2,8-12)10(13)9-5-4-6-14(3)7-9/h9-10H,4-8,12-13H2,1-3H3. The lowest BCUT2D eigenvalue weighted by molar-refractivity contribution is 0.132. The molecule has 0 aliphatic carbocycles. The maximum Gasteiger partial charge on any atom is 0.0143 e. The van der Waals surface area contributed by atoms with Gasteiger partial charge in [-0.3, -0.25) is 0 Å². The number of likely N-dealkylation sites (tertiary alicyclic amines) is 1. The summed E-state index contributed by atoms with van der Waals surface area (Å²) in [4.78, 5) is 2.38. The van der Waals surface area contributed by atoms with Crippen LogP contribution in [0.2, 0.25) is 0 Å². The van der Waals surface area contributed by atoms with Crippen LogP contribution in [-0.4, -0.2) is 37.6 Å². The molecule has 0 aromatic carbocycles. The van der Waals surface area contributed by atoms with Crippen molar-refractivity contribution < 1.29 is 0 Å². The molecule has 1 aliphatic rings. The molecule has 2 atom stereocenters. The number of nitrogens with zero attached hydrogens (tertiary/aromatic N) is 1. The zero-order valence-electron chi connectivity index (χ0n) is 9.79. The number of nitrogens with two attached hydrogens (primary N) is 2. The van der Waals surface area contributed by atoms with Gasteiger partial charge >= 0.3 is 0 Å². The molecule has 0 aromatic rings. The second-order valence-electron chi connectivity index (χ2n) is 5.38. The molecular formula is C11H25N3. The van der Waals surface area contributed by atoms with Gasteiger partial charge in [0.25, 0.3) is 0 Å². The highest BCUT2D eigenvalue weighted by molar-refractivity contribution is 4.90. The molecule has 1 aliphatic heterocycles. The molecule has 1 rings (SSSR count). The van der Waals surface area contributed by atoms with Gasteiger partial charge in [0.1, 0.15) is 0 Å². The molecular weight excluding hydrogens is 174 g/mol. The van der Waals surface area contributed by atoms with Gasteiger partial charge in [0.05, 0.1) is 0 Å². The predicted molar refractivity (Wildman–Crippen MR) is 61.0 cm³/mol. The Morgan fingerprint density at radius 1 is 1.50 bits per heavy atom. The highest BCUT2D eigenvalue weighted by Gasteiger charge is 2.33. The fourth-order valence-electron chi connectivity index (χ4n) is 2.27. The van der Waals surface area contributed by atoms with Gasteiger partial charge in [0.15, 0.2) is 0 Å². The maximum absolute atomic E-state index is 6.29. The van der Waals surface area contributed by atoms with Gasteiger partial charge in [-0.05, 0) is 44.3 Å². The van der Waals surface area contributed by atoms with Crippen LogP contribution in [0.15, 0.2) is 0 Å². The van der Waals surface area contributed by atoms with E-state index in [9.17, 15) is 0 Å². The molecule has 2 unspecified atom stereocenters. The first-order valence-corrected chi connectivity index (χ1v) is 5.61. The Morgan fingerprint density at radius 3 is 2.64 bits per heavy atom. The summed E-state index contributed by atoms with van der Waals surface area (Å²) in [5.74, 6) is 0.618. The summed E-state index contributed by atoms with van der Waals surface area (Å²) in [6.07, 6.45) is 2.53. The van der Waals surface area contributed by atoms with Crippen LogP contribution in [0, 0.1) is 11.3 Å². The van der Waals surface area contributed by atoms with Crippen molar-refractivity contribution in [3.05, 3.63) is 0 Å². The average Bonchev–Trinajstić information content (AvgIpc) is 2.16. The molecule has 3 heteroatoms. The number of hydrogen-bond acceptors (Lipinski definition) is 3. The SMILES string of the molecule is CN1CCCC(C(N)C(C)(C)CN)C1. The van der Waals surface area contributed by atoms with E-state index in [2.05, 4.69) is 25.8 Å². The zero-order chi connectivity index (χ0) is 10.8. The van der Waals surface area contributed by atoms with Gasteiger partial charge in [0.2, 0.25) is 0 Å². The summed E-state index contributed by atoms with van der Waals surface area (Å²) in [7, 11) is 2.17. The fourth-order valence-corrected chi connectivity index (χ4v) is 2.27. The smallest absolute Gasteiger partial charge is 0.0143 e. The lowest BCUT2D eigenvalue weighted by Gasteiger charge is -2.40. The van der Waals surface area contributed by atoms with Gasteiger partial charge in [-0.2, -0.15) is 0 Å². The molecule has 84 valence electrons. The Labute approximate surface area is 87.8 Å². The summed E-state index contributed by atoms with van der Waals surface area (Å²) in [6, 6.07) is 0.232. The summed E-state index contributed by atoms with van der Waals surface area (Å²) in [5.41, 5.74) is 12.1. The van der Waals surface area contributed by atoms with Gasteiger partial charge < -0.3 is 16.4 Å². The Morgan fingerprint density at radius 2 is 2.14 bits per heavy atom. The van der Waals surface area contributed by atoms with Gasteiger partial charge in [-0.15, -0.1) is 0 Å². The van der Waals surface area contributed by atoms with E-state index in [0.717, 1.165) is 6.54 Å². The van der Waals surface area contributed by atoms with Crippen LogP contribution in [0.5, 0.6) is 0 Å². The molecule has 4 N–H and O–H groups in total. The van der Waals surface area contributed by atoms with E-state index in [1.807, 2.05) is 0 Å². The minimum Gasteiger partial charge on any atom is -0.330 e. The summed E-state index contributed by atoms with van der Waals surface area (Å²) >= 11 is 0. The summed E-state index contributed by atoms with van der Waals surface area (Å²) in [6.45, 7) is 7.36. The third kappa shape index (κ3) is 2.69. The topological polar surface area (TPSA) is 55.3 Å². The molecule has 0 bridgehead atoms. The lowest BCUT2D eigenvalue weighted by atomic mass is 9.75. The Balaban J connectivity index is 2.55. The molecule has 14 heavy (non-hydrogen) atoms. The summed E-state index contributed by atoms with van der Waals surface area (Å²) in [5, 5.41) is 0. The molecule has 0 aromatic heterocycles. The first-order chi connectivity index (χ1) is 6.47. The van der Waals surface area contributed by atoms with E-state index in [0.29, 0.717) is 12.5 Å². The first-order valence-electron chi connectivity index (χ1n) is 5.61. The third-order valence-electron chi connectivity index (χ3n) is 3.60. The maximum atomic E-state index is 6.29. The first kappa shape index (κ1) is 12.0. The Kier molecular flexibility index (Phi) is 3.93. The Hall–Kier alpha value is -0.120. The normalized spacial score (nSPS) is 27.6. The minimum atomic E-state index is 0.0723.